The molecule has 126 valence electrons. The van der Waals surface area contributed by atoms with Crippen LogP contribution in [0.3, 0.4) is 0 Å². The third-order valence-corrected chi connectivity index (χ3v) is 5.28. The van der Waals surface area contributed by atoms with Crippen molar-refractivity contribution in [2.24, 2.45) is 0 Å². The maximum Gasteiger partial charge on any atom is 0.253 e. The van der Waals surface area contributed by atoms with E-state index >= 15 is 0 Å². The molecular formula is C16H17BrN4O2S. The van der Waals surface area contributed by atoms with Gasteiger partial charge >= 0.3 is 0 Å². The van der Waals surface area contributed by atoms with E-state index in [-0.39, 0.29) is 0 Å². The molecule has 0 fully saturated rings. The Morgan fingerprint density at radius 1 is 1.17 bits per heavy atom. The predicted octanol–water partition coefficient (Wildman–Crippen LogP) is 3.81. The van der Waals surface area contributed by atoms with Crippen LogP contribution in [-0.2, 0) is 5.75 Å². The average molecular weight is 409 g/mol. The van der Waals surface area contributed by atoms with Gasteiger partial charge in [-0.1, -0.05) is 17.8 Å². The van der Waals surface area contributed by atoms with E-state index < -0.39 is 0 Å². The van der Waals surface area contributed by atoms with E-state index in [9.17, 15) is 0 Å². The first-order chi connectivity index (χ1) is 11.5. The van der Waals surface area contributed by atoms with Gasteiger partial charge in [0.25, 0.3) is 5.78 Å². The molecule has 1 aromatic carbocycles. The number of hydrogen-bond acceptors (Lipinski definition) is 6. The van der Waals surface area contributed by atoms with Crippen LogP contribution >= 0.6 is 27.7 Å². The van der Waals surface area contributed by atoms with Gasteiger partial charge in [0.1, 0.15) is 0 Å². The fraction of sp³-hybridized carbons (Fsp3) is 0.312. The molecule has 0 saturated heterocycles. The van der Waals surface area contributed by atoms with Crippen LogP contribution in [-0.4, -0.2) is 33.8 Å². The summed E-state index contributed by atoms with van der Waals surface area (Å²) >= 11 is 5.14. The van der Waals surface area contributed by atoms with Crippen LogP contribution < -0.4 is 9.47 Å². The Morgan fingerprint density at radius 2 is 1.96 bits per heavy atom. The SMILES string of the molecule is COc1ccc(CSc2nc3nc(C)cc(C)n3n2)c(Br)c1OC. The Balaban J connectivity index is 1.85. The highest BCUT2D eigenvalue weighted by molar-refractivity contribution is 9.10. The van der Waals surface area contributed by atoms with Gasteiger partial charge < -0.3 is 9.47 Å². The minimum absolute atomic E-state index is 0.626. The van der Waals surface area contributed by atoms with Gasteiger partial charge in [0.15, 0.2) is 11.5 Å². The van der Waals surface area contributed by atoms with Crippen LogP contribution in [0.1, 0.15) is 17.0 Å². The Hall–Kier alpha value is -1.80. The zero-order valence-corrected chi connectivity index (χ0v) is 16.2. The number of aryl methyl sites for hydroxylation is 2. The zero-order valence-electron chi connectivity index (χ0n) is 13.8. The maximum absolute atomic E-state index is 5.41. The molecular weight excluding hydrogens is 392 g/mol. The van der Waals surface area contributed by atoms with Gasteiger partial charge in [0, 0.05) is 17.1 Å². The largest absolute Gasteiger partial charge is 0.493 e. The zero-order chi connectivity index (χ0) is 17.3. The first-order valence-electron chi connectivity index (χ1n) is 7.26. The molecule has 0 aliphatic carbocycles. The van der Waals surface area contributed by atoms with Crippen molar-refractivity contribution in [1.82, 2.24) is 19.6 Å². The summed E-state index contributed by atoms with van der Waals surface area (Å²) in [4.78, 5) is 8.90. The molecule has 0 spiro atoms. The summed E-state index contributed by atoms with van der Waals surface area (Å²) in [5, 5.41) is 5.20. The molecule has 24 heavy (non-hydrogen) atoms. The summed E-state index contributed by atoms with van der Waals surface area (Å²) in [5.41, 5.74) is 3.04. The van der Waals surface area contributed by atoms with E-state index in [1.165, 1.54) is 0 Å². The van der Waals surface area contributed by atoms with Crippen LogP contribution in [0.2, 0.25) is 0 Å². The number of halogens is 1. The minimum Gasteiger partial charge on any atom is -0.493 e. The summed E-state index contributed by atoms with van der Waals surface area (Å²) in [6.07, 6.45) is 0. The molecule has 8 heteroatoms. The molecule has 0 atom stereocenters. The lowest BCUT2D eigenvalue weighted by Gasteiger charge is -2.12. The molecule has 0 unspecified atom stereocenters. The van der Waals surface area contributed by atoms with Crippen molar-refractivity contribution >= 4 is 33.5 Å². The molecule has 0 aliphatic heterocycles. The van der Waals surface area contributed by atoms with Crippen LogP contribution in [0.4, 0.5) is 0 Å². The predicted molar refractivity (Wildman–Crippen MR) is 97.1 cm³/mol. The maximum atomic E-state index is 5.41. The fourth-order valence-corrected chi connectivity index (χ4v) is 4.02. The second-order valence-corrected chi connectivity index (χ2v) is 6.94. The Kier molecular flexibility index (Phi) is 4.96. The molecule has 3 rings (SSSR count). The molecule has 2 heterocycles. The first kappa shape index (κ1) is 17.0. The highest BCUT2D eigenvalue weighted by atomic mass is 79.9. The van der Waals surface area contributed by atoms with E-state index in [0.29, 0.717) is 28.2 Å². The lowest BCUT2D eigenvalue weighted by molar-refractivity contribution is 0.353. The summed E-state index contributed by atoms with van der Waals surface area (Å²) in [5.74, 6) is 2.71. The quantitative estimate of drug-likeness (QED) is 0.598. The number of aromatic nitrogens is 4. The van der Waals surface area contributed by atoms with Gasteiger partial charge in [-0.25, -0.2) is 9.50 Å². The second-order valence-electron chi connectivity index (χ2n) is 5.21. The average Bonchev–Trinajstić information content (AvgIpc) is 2.96. The van der Waals surface area contributed by atoms with E-state index in [1.807, 2.05) is 32.0 Å². The number of rotatable bonds is 5. The van der Waals surface area contributed by atoms with Gasteiger partial charge in [-0.2, -0.15) is 4.98 Å². The van der Waals surface area contributed by atoms with E-state index in [2.05, 4.69) is 31.0 Å². The normalized spacial score (nSPS) is 11.0. The smallest absolute Gasteiger partial charge is 0.253 e. The van der Waals surface area contributed by atoms with Crippen molar-refractivity contribution in [2.45, 2.75) is 24.8 Å². The summed E-state index contributed by atoms with van der Waals surface area (Å²) in [6.45, 7) is 3.95. The number of nitrogens with zero attached hydrogens (tertiary/aromatic N) is 4. The molecule has 0 bridgehead atoms. The number of benzene rings is 1. The van der Waals surface area contributed by atoms with Crippen LogP contribution in [0.15, 0.2) is 27.8 Å². The van der Waals surface area contributed by atoms with Crippen molar-refractivity contribution in [2.75, 3.05) is 14.2 Å². The molecule has 0 saturated carbocycles. The van der Waals surface area contributed by atoms with Crippen LogP contribution in [0, 0.1) is 13.8 Å². The molecule has 0 N–H and O–H groups in total. The van der Waals surface area contributed by atoms with Crippen LogP contribution in [0.25, 0.3) is 5.78 Å². The van der Waals surface area contributed by atoms with Crippen molar-refractivity contribution in [1.29, 1.82) is 0 Å². The third-order valence-electron chi connectivity index (χ3n) is 3.52. The van der Waals surface area contributed by atoms with Crippen molar-refractivity contribution in [3.8, 4) is 11.5 Å². The molecule has 3 aromatic rings. The molecule has 6 nitrogen and oxygen atoms in total. The van der Waals surface area contributed by atoms with Gasteiger partial charge in [0.2, 0.25) is 5.16 Å². The summed E-state index contributed by atoms with van der Waals surface area (Å²) in [7, 11) is 3.25. The number of methoxy groups -OCH3 is 2. The van der Waals surface area contributed by atoms with Gasteiger partial charge in [-0.3, -0.25) is 0 Å². The number of ether oxygens (including phenoxy) is 2. The van der Waals surface area contributed by atoms with Gasteiger partial charge in [-0.05, 0) is 47.5 Å². The lowest BCUT2D eigenvalue weighted by Crippen LogP contribution is -1.97. The number of thioether (sulfide) groups is 1. The monoisotopic (exact) mass is 408 g/mol. The molecule has 0 aliphatic rings. The third kappa shape index (κ3) is 3.21. The van der Waals surface area contributed by atoms with E-state index in [0.717, 1.165) is 21.4 Å². The Bertz CT molecular complexity index is 897. The second kappa shape index (κ2) is 6.98. The van der Waals surface area contributed by atoms with Crippen molar-refractivity contribution in [3.63, 3.8) is 0 Å². The van der Waals surface area contributed by atoms with Gasteiger partial charge in [-0.15, -0.1) is 5.10 Å². The highest BCUT2D eigenvalue weighted by Crippen LogP contribution is 2.39. The number of hydrogen-bond donors (Lipinski definition) is 0. The highest BCUT2D eigenvalue weighted by Gasteiger charge is 2.14. The van der Waals surface area contributed by atoms with Crippen molar-refractivity contribution < 1.29 is 9.47 Å². The van der Waals surface area contributed by atoms with Gasteiger partial charge in [0.05, 0.1) is 18.7 Å². The van der Waals surface area contributed by atoms with Crippen molar-refractivity contribution in [3.05, 3.63) is 39.6 Å². The molecule has 2 aromatic heterocycles. The van der Waals surface area contributed by atoms with E-state index in [4.69, 9.17) is 9.47 Å². The minimum atomic E-state index is 0.626. The molecule has 0 radical (unpaired) electrons. The standard InChI is InChI=1S/C16H17BrN4O2S/c1-9-7-10(2)21-15(18-9)19-16(20-21)24-8-11-5-6-12(22-3)14(23-4)13(11)17/h5-7H,8H2,1-4H3. The Morgan fingerprint density at radius 3 is 2.67 bits per heavy atom. The first-order valence-corrected chi connectivity index (χ1v) is 9.04. The lowest BCUT2D eigenvalue weighted by atomic mass is 10.2. The topological polar surface area (TPSA) is 61.5 Å². The molecule has 0 amide bonds. The number of fused-ring (bicyclic) bond motifs is 1. The summed E-state index contributed by atoms with van der Waals surface area (Å²) in [6, 6.07) is 5.88. The van der Waals surface area contributed by atoms with E-state index in [1.54, 1.807) is 30.5 Å². The summed E-state index contributed by atoms with van der Waals surface area (Å²) < 4.78 is 13.4. The fourth-order valence-electron chi connectivity index (χ4n) is 2.39. The van der Waals surface area contributed by atoms with Crippen LogP contribution in [0.5, 0.6) is 11.5 Å². The Labute approximate surface area is 152 Å².